The molecule has 1 unspecified atom stereocenters. The quantitative estimate of drug-likeness (QED) is 0.573. The van der Waals surface area contributed by atoms with Gasteiger partial charge >= 0.3 is 0 Å². The summed E-state index contributed by atoms with van der Waals surface area (Å²) in [5.41, 5.74) is 5.46. The van der Waals surface area contributed by atoms with E-state index in [-0.39, 0.29) is 12.5 Å². The molecule has 0 fully saturated rings. The highest BCUT2D eigenvalue weighted by Gasteiger charge is 2.34. The Hall–Kier alpha value is -3.36. The molecule has 8 heteroatoms. The van der Waals surface area contributed by atoms with Crippen LogP contribution in [0, 0.1) is 0 Å². The van der Waals surface area contributed by atoms with Crippen molar-refractivity contribution in [2.24, 2.45) is 0 Å². The van der Waals surface area contributed by atoms with Crippen molar-refractivity contribution in [2.45, 2.75) is 32.2 Å². The van der Waals surface area contributed by atoms with Gasteiger partial charge in [0.05, 0.1) is 18.5 Å². The first-order valence-electron chi connectivity index (χ1n) is 11.7. The molecule has 1 amide bonds. The Morgan fingerprint density at radius 2 is 1.74 bits per heavy atom. The summed E-state index contributed by atoms with van der Waals surface area (Å²) in [7, 11) is -3.54. The second-order valence-electron chi connectivity index (χ2n) is 9.14. The zero-order chi connectivity index (χ0) is 24.4. The van der Waals surface area contributed by atoms with Gasteiger partial charge in [-0.05, 0) is 40.8 Å². The summed E-state index contributed by atoms with van der Waals surface area (Å²) in [5, 5.41) is 2.92. The van der Waals surface area contributed by atoms with E-state index in [0.29, 0.717) is 18.0 Å². The molecule has 3 aromatic carbocycles. The summed E-state index contributed by atoms with van der Waals surface area (Å²) in [4.78, 5) is 15.3. The number of anilines is 1. The molecule has 2 heterocycles. The van der Waals surface area contributed by atoms with Crippen molar-refractivity contribution in [1.29, 1.82) is 0 Å². The highest BCUT2D eigenvalue weighted by Crippen LogP contribution is 2.34. The number of hydrogen-bond donors (Lipinski definition) is 1. The van der Waals surface area contributed by atoms with Gasteiger partial charge in [-0.2, -0.15) is 0 Å². The number of sulfonamides is 1. The number of para-hydroxylation sites is 2. The zero-order valence-corrected chi connectivity index (χ0v) is 20.5. The minimum absolute atomic E-state index is 0.0574. The number of nitrogens with one attached hydrogen (secondary N) is 1. The summed E-state index contributed by atoms with van der Waals surface area (Å²) in [6.07, 6.45) is 1.27. The Kier molecular flexibility index (Phi) is 6.49. The van der Waals surface area contributed by atoms with Crippen LogP contribution in [0.5, 0.6) is 5.75 Å². The monoisotopic (exact) mass is 491 g/mol. The lowest BCUT2D eigenvalue weighted by Gasteiger charge is -2.33. The van der Waals surface area contributed by atoms with E-state index in [1.807, 2.05) is 12.1 Å². The second-order valence-corrected chi connectivity index (χ2v) is 11.0. The number of hydrogen-bond acceptors (Lipinski definition) is 5. The highest BCUT2D eigenvalue weighted by molar-refractivity contribution is 7.92. The lowest BCUT2D eigenvalue weighted by Crippen LogP contribution is -2.50. The third-order valence-corrected chi connectivity index (χ3v) is 7.65. The van der Waals surface area contributed by atoms with Gasteiger partial charge in [0.15, 0.2) is 6.10 Å². The van der Waals surface area contributed by atoms with Crippen molar-refractivity contribution in [3.63, 3.8) is 0 Å². The fourth-order valence-corrected chi connectivity index (χ4v) is 5.66. The molecule has 0 spiro atoms. The predicted molar refractivity (Wildman–Crippen MR) is 136 cm³/mol. The minimum Gasteiger partial charge on any atom is -0.476 e. The molecular formula is C27H29N3O4S. The van der Waals surface area contributed by atoms with E-state index in [0.717, 1.165) is 37.9 Å². The maximum Gasteiger partial charge on any atom is 0.263 e. The number of fused-ring (bicyclic) bond motifs is 2. The molecule has 0 saturated carbocycles. The molecule has 0 radical (unpaired) electrons. The molecule has 182 valence electrons. The van der Waals surface area contributed by atoms with Crippen molar-refractivity contribution >= 4 is 21.6 Å². The lowest BCUT2D eigenvalue weighted by atomic mass is 9.99. The average molecular weight is 492 g/mol. The van der Waals surface area contributed by atoms with Crippen LogP contribution in [0.2, 0.25) is 0 Å². The molecule has 35 heavy (non-hydrogen) atoms. The number of benzene rings is 3. The van der Waals surface area contributed by atoms with Crippen LogP contribution in [0.1, 0.15) is 22.3 Å². The minimum atomic E-state index is -3.54. The van der Waals surface area contributed by atoms with Crippen LogP contribution in [0.25, 0.3) is 0 Å². The molecule has 1 atom stereocenters. The van der Waals surface area contributed by atoms with Gasteiger partial charge in [-0.25, -0.2) is 8.42 Å². The standard InChI is InChI=1S/C27H29N3O4S/c1-35(32,33)30-19-26(34-25-12-5-4-11-24(25)30)27(31)28-16-20-7-6-8-21(15-20)17-29-14-13-22-9-2-3-10-23(22)18-29/h2-12,15,26H,13-14,16-19H2,1H3,(H,28,31). The van der Waals surface area contributed by atoms with Gasteiger partial charge in [0.2, 0.25) is 10.0 Å². The Morgan fingerprint density at radius 1 is 1.00 bits per heavy atom. The summed E-state index contributed by atoms with van der Waals surface area (Å²) in [6, 6.07) is 23.7. The molecule has 0 bridgehead atoms. The van der Waals surface area contributed by atoms with Crippen molar-refractivity contribution in [3.05, 3.63) is 95.1 Å². The van der Waals surface area contributed by atoms with E-state index >= 15 is 0 Å². The van der Waals surface area contributed by atoms with Crippen molar-refractivity contribution in [1.82, 2.24) is 10.2 Å². The van der Waals surface area contributed by atoms with Crippen LogP contribution in [-0.4, -0.2) is 44.7 Å². The Morgan fingerprint density at radius 3 is 2.57 bits per heavy atom. The fourth-order valence-electron chi connectivity index (χ4n) is 4.74. The van der Waals surface area contributed by atoms with E-state index < -0.39 is 16.1 Å². The first kappa shape index (κ1) is 23.4. The molecule has 7 nitrogen and oxygen atoms in total. The first-order valence-corrected chi connectivity index (χ1v) is 13.6. The van der Waals surface area contributed by atoms with Gasteiger partial charge < -0.3 is 10.1 Å². The molecule has 0 aliphatic carbocycles. The topological polar surface area (TPSA) is 79.0 Å². The van der Waals surface area contributed by atoms with Gasteiger partial charge in [-0.1, -0.05) is 60.7 Å². The maximum atomic E-state index is 12.9. The largest absolute Gasteiger partial charge is 0.476 e. The van der Waals surface area contributed by atoms with E-state index in [4.69, 9.17) is 4.74 Å². The average Bonchev–Trinajstić information content (AvgIpc) is 2.86. The summed E-state index contributed by atoms with van der Waals surface area (Å²) < 4.78 is 31.7. The third kappa shape index (κ3) is 5.33. The normalized spacial score (nSPS) is 17.7. The van der Waals surface area contributed by atoms with E-state index in [2.05, 4.69) is 46.6 Å². The summed E-state index contributed by atoms with van der Waals surface area (Å²) in [6.45, 7) is 3.10. The SMILES string of the molecule is CS(=O)(=O)N1CC(C(=O)NCc2cccc(CN3CCc4ccccc4C3)c2)Oc2ccccc21. The molecule has 2 aliphatic heterocycles. The maximum absolute atomic E-state index is 12.9. The number of carbonyl (C=O) groups excluding carboxylic acids is 1. The highest BCUT2D eigenvalue weighted by atomic mass is 32.2. The molecule has 0 aromatic heterocycles. The Bertz CT molecular complexity index is 1340. The number of ether oxygens (including phenoxy) is 1. The van der Waals surface area contributed by atoms with Crippen molar-refractivity contribution < 1.29 is 17.9 Å². The van der Waals surface area contributed by atoms with E-state index in [1.165, 1.54) is 21.0 Å². The van der Waals surface area contributed by atoms with Gasteiger partial charge in [0.25, 0.3) is 5.91 Å². The van der Waals surface area contributed by atoms with Crippen molar-refractivity contribution in [3.8, 4) is 5.75 Å². The third-order valence-electron chi connectivity index (χ3n) is 6.50. The molecular weight excluding hydrogens is 462 g/mol. The number of nitrogens with zero attached hydrogens (tertiary/aromatic N) is 2. The van der Waals surface area contributed by atoms with Crippen LogP contribution >= 0.6 is 0 Å². The van der Waals surface area contributed by atoms with E-state index in [9.17, 15) is 13.2 Å². The van der Waals surface area contributed by atoms with Crippen molar-refractivity contribution in [2.75, 3.05) is 23.7 Å². The summed E-state index contributed by atoms with van der Waals surface area (Å²) >= 11 is 0. The van der Waals surface area contributed by atoms with Crippen LogP contribution < -0.4 is 14.4 Å². The Balaban J connectivity index is 1.21. The zero-order valence-electron chi connectivity index (χ0n) is 19.7. The van der Waals surface area contributed by atoms with E-state index in [1.54, 1.807) is 24.3 Å². The smallest absolute Gasteiger partial charge is 0.263 e. The second kappa shape index (κ2) is 9.71. The number of rotatable bonds is 6. The van der Waals surface area contributed by atoms with Crippen LogP contribution in [-0.2, 0) is 40.9 Å². The lowest BCUT2D eigenvalue weighted by molar-refractivity contribution is -0.127. The predicted octanol–water partition coefficient (Wildman–Crippen LogP) is 3.09. The number of amides is 1. The van der Waals surface area contributed by atoms with Crippen LogP contribution in [0.15, 0.2) is 72.8 Å². The first-order chi connectivity index (χ1) is 16.9. The molecule has 2 aliphatic rings. The summed E-state index contributed by atoms with van der Waals surface area (Å²) in [5.74, 6) is 0.0422. The molecule has 3 aromatic rings. The van der Waals surface area contributed by atoms with Gasteiger partial charge in [0, 0.05) is 26.2 Å². The van der Waals surface area contributed by atoms with Crippen LogP contribution in [0.4, 0.5) is 5.69 Å². The molecule has 0 saturated heterocycles. The van der Waals surface area contributed by atoms with Gasteiger partial charge in [0.1, 0.15) is 5.75 Å². The molecule has 1 N–H and O–H groups in total. The Labute approximate surface area is 206 Å². The van der Waals surface area contributed by atoms with Gasteiger partial charge in [-0.15, -0.1) is 0 Å². The molecule has 5 rings (SSSR count). The fraction of sp³-hybridized carbons (Fsp3) is 0.296. The van der Waals surface area contributed by atoms with Gasteiger partial charge in [-0.3, -0.25) is 14.0 Å². The van der Waals surface area contributed by atoms with Crippen LogP contribution in [0.3, 0.4) is 0 Å². The number of carbonyl (C=O) groups is 1.